The van der Waals surface area contributed by atoms with Crippen LogP contribution in [-0.2, 0) is 9.59 Å². The van der Waals surface area contributed by atoms with Gasteiger partial charge in [0.2, 0.25) is 5.91 Å². The van der Waals surface area contributed by atoms with Crippen LogP contribution in [0.5, 0.6) is 5.75 Å². The van der Waals surface area contributed by atoms with Crippen LogP contribution in [0.2, 0.25) is 0 Å². The number of aromatic nitrogens is 1. The lowest BCUT2D eigenvalue weighted by atomic mass is 10.1. The van der Waals surface area contributed by atoms with Crippen molar-refractivity contribution in [3.05, 3.63) is 23.6 Å². The van der Waals surface area contributed by atoms with Crippen LogP contribution in [0.1, 0.15) is 26.7 Å². The first-order valence-electron chi connectivity index (χ1n) is 7.83. The number of hydrogen-bond acceptors (Lipinski definition) is 5. The molecule has 2 heterocycles. The zero-order valence-corrected chi connectivity index (χ0v) is 14.6. The molecule has 7 heteroatoms. The summed E-state index contributed by atoms with van der Waals surface area (Å²) >= 11 is 1.38. The highest BCUT2D eigenvalue weighted by Gasteiger charge is 2.29. The molecule has 1 N–H and O–H groups in total. The normalized spacial score (nSPS) is 16.5. The number of hydrogen-bond donors (Lipinski definition) is 1. The summed E-state index contributed by atoms with van der Waals surface area (Å²) in [7, 11) is 1.74. The molecule has 1 aliphatic rings. The number of carbonyl (C=O) groups excluding carboxylic acids is 2. The predicted molar refractivity (Wildman–Crippen MR) is 94.6 cm³/mol. The summed E-state index contributed by atoms with van der Waals surface area (Å²) in [6.07, 6.45) is 0.803. The average Bonchev–Trinajstić information content (AvgIpc) is 3.01. The van der Waals surface area contributed by atoms with Crippen molar-refractivity contribution in [2.24, 2.45) is 0 Å². The monoisotopic (exact) mass is 345 g/mol. The Labute approximate surface area is 144 Å². The van der Waals surface area contributed by atoms with Crippen LogP contribution in [0.3, 0.4) is 0 Å². The molecule has 126 valence electrons. The molecule has 3 rings (SSSR count). The number of benzene rings is 1. The van der Waals surface area contributed by atoms with Gasteiger partial charge in [0, 0.05) is 24.4 Å². The number of likely N-dealkylation sites (N-methyl/N-ethyl adjacent to an activating group) is 1. The van der Waals surface area contributed by atoms with Gasteiger partial charge in [-0.15, -0.1) is 11.3 Å². The maximum absolute atomic E-state index is 12.1. The molecule has 0 aliphatic carbocycles. The highest BCUT2D eigenvalue weighted by Crippen LogP contribution is 2.37. The Morgan fingerprint density at radius 1 is 1.46 bits per heavy atom. The zero-order chi connectivity index (χ0) is 17.3. The number of anilines is 2. The van der Waals surface area contributed by atoms with Crippen LogP contribution in [0.25, 0.3) is 11.3 Å². The molecule has 0 saturated heterocycles. The lowest BCUT2D eigenvalue weighted by Gasteiger charge is -2.30. The number of nitrogens with one attached hydrogen (secondary N) is 1. The van der Waals surface area contributed by atoms with Gasteiger partial charge in [-0.3, -0.25) is 9.59 Å². The van der Waals surface area contributed by atoms with Crippen LogP contribution in [0.4, 0.5) is 10.8 Å². The molecule has 0 spiro atoms. The summed E-state index contributed by atoms with van der Waals surface area (Å²) in [4.78, 5) is 29.8. The van der Waals surface area contributed by atoms with E-state index < -0.39 is 6.10 Å². The molecule has 0 saturated carbocycles. The fourth-order valence-corrected chi connectivity index (χ4v) is 3.28. The van der Waals surface area contributed by atoms with Crippen LogP contribution < -0.4 is 15.0 Å². The fourth-order valence-electron chi connectivity index (χ4n) is 2.54. The van der Waals surface area contributed by atoms with Crippen LogP contribution in [-0.4, -0.2) is 29.9 Å². The topological polar surface area (TPSA) is 71.5 Å². The third kappa shape index (κ3) is 3.12. The van der Waals surface area contributed by atoms with E-state index in [0.717, 1.165) is 23.4 Å². The van der Waals surface area contributed by atoms with E-state index in [1.165, 1.54) is 11.3 Å². The van der Waals surface area contributed by atoms with Gasteiger partial charge >= 0.3 is 0 Å². The predicted octanol–water partition coefficient (Wildman–Crippen LogP) is 3.29. The molecule has 0 unspecified atom stereocenters. The number of thiazole rings is 1. The van der Waals surface area contributed by atoms with Gasteiger partial charge in [-0.05, 0) is 31.5 Å². The molecule has 1 aromatic carbocycles. The number of amides is 2. The molecule has 24 heavy (non-hydrogen) atoms. The first kappa shape index (κ1) is 16.4. The molecule has 2 amide bonds. The van der Waals surface area contributed by atoms with Crippen molar-refractivity contribution in [1.82, 2.24) is 4.98 Å². The second kappa shape index (κ2) is 6.60. The Bertz CT molecular complexity index is 787. The molecule has 0 bridgehead atoms. The Morgan fingerprint density at radius 3 is 3.00 bits per heavy atom. The van der Waals surface area contributed by atoms with Gasteiger partial charge in [-0.25, -0.2) is 4.98 Å². The van der Waals surface area contributed by atoms with Crippen LogP contribution in [0, 0.1) is 0 Å². The van der Waals surface area contributed by atoms with Gasteiger partial charge < -0.3 is 15.0 Å². The quantitative estimate of drug-likeness (QED) is 0.923. The minimum absolute atomic E-state index is 0.0310. The maximum atomic E-state index is 12.1. The molecule has 2 aromatic rings. The Hall–Kier alpha value is -2.41. The highest BCUT2D eigenvalue weighted by molar-refractivity contribution is 7.14. The maximum Gasteiger partial charge on any atom is 0.267 e. The van der Waals surface area contributed by atoms with E-state index in [1.807, 2.05) is 30.5 Å². The van der Waals surface area contributed by atoms with E-state index in [4.69, 9.17) is 4.74 Å². The number of carbonyl (C=O) groups is 2. The van der Waals surface area contributed by atoms with E-state index in [-0.39, 0.29) is 11.8 Å². The smallest absolute Gasteiger partial charge is 0.267 e. The summed E-state index contributed by atoms with van der Waals surface area (Å²) in [5.74, 6) is 0.571. The van der Waals surface area contributed by atoms with Gasteiger partial charge in [0.25, 0.3) is 5.91 Å². The second-order valence-corrected chi connectivity index (χ2v) is 6.53. The lowest BCUT2D eigenvalue weighted by Crippen LogP contribution is -2.41. The Balaban J connectivity index is 1.85. The summed E-state index contributed by atoms with van der Waals surface area (Å²) in [6, 6.07) is 5.63. The number of rotatable bonds is 4. The fraction of sp³-hybridized carbons (Fsp3) is 0.353. The number of fused-ring (bicyclic) bond motifs is 1. The van der Waals surface area contributed by atoms with E-state index in [1.54, 1.807) is 18.9 Å². The zero-order valence-electron chi connectivity index (χ0n) is 13.8. The molecular formula is C17H19N3O3S. The van der Waals surface area contributed by atoms with Crippen LogP contribution in [0.15, 0.2) is 23.6 Å². The van der Waals surface area contributed by atoms with Gasteiger partial charge in [0.15, 0.2) is 11.2 Å². The third-order valence-electron chi connectivity index (χ3n) is 3.83. The standard InChI is InChI=1S/C17H19N3O3S/c1-4-5-15(21)19-17-18-12(9-24-17)11-6-7-14-13(8-11)20(3)16(22)10(2)23-14/h6-10H,4-5H2,1-3H3,(H,18,19,21)/t10-/m1/s1. The number of ether oxygens (including phenoxy) is 1. The minimum Gasteiger partial charge on any atom is -0.479 e. The first-order chi connectivity index (χ1) is 11.5. The molecule has 0 radical (unpaired) electrons. The molecule has 1 aromatic heterocycles. The van der Waals surface area contributed by atoms with Gasteiger partial charge in [-0.2, -0.15) is 0 Å². The Kier molecular flexibility index (Phi) is 4.53. The average molecular weight is 345 g/mol. The SMILES string of the molecule is CCCC(=O)Nc1nc(-c2ccc3c(c2)N(C)C(=O)[C@@H](C)O3)cs1. The van der Waals surface area contributed by atoms with Gasteiger partial charge in [0.1, 0.15) is 5.75 Å². The summed E-state index contributed by atoms with van der Waals surface area (Å²) < 4.78 is 5.62. The largest absolute Gasteiger partial charge is 0.479 e. The van der Waals surface area contributed by atoms with Crippen molar-refractivity contribution >= 4 is 34.0 Å². The van der Waals surface area contributed by atoms with Crippen LogP contribution >= 0.6 is 11.3 Å². The lowest BCUT2D eigenvalue weighted by molar-refractivity contribution is -0.125. The first-order valence-corrected chi connectivity index (χ1v) is 8.71. The third-order valence-corrected chi connectivity index (χ3v) is 4.58. The van der Waals surface area contributed by atoms with Crippen molar-refractivity contribution in [2.45, 2.75) is 32.8 Å². The van der Waals surface area contributed by atoms with Crippen molar-refractivity contribution in [3.63, 3.8) is 0 Å². The van der Waals surface area contributed by atoms with Crippen molar-refractivity contribution in [2.75, 3.05) is 17.3 Å². The van der Waals surface area contributed by atoms with Crippen molar-refractivity contribution < 1.29 is 14.3 Å². The summed E-state index contributed by atoms with van der Waals surface area (Å²) in [5.41, 5.74) is 2.35. The molecule has 6 nitrogen and oxygen atoms in total. The molecular weight excluding hydrogens is 326 g/mol. The van der Waals surface area contributed by atoms with E-state index >= 15 is 0 Å². The van der Waals surface area contributed by atoms with Crippen molar-refractivity contribution in [3.8, 4) is 17.0 Å². The minimum atomic E-state index is -0.479. The molecule has 1 aliphatic heterocycles. The summed E-state index contributed by atoms with van der Waals surface area (Å²) in [6.45, 7) is 3.70. The number of nitrogens with zero attached hydrogens (tertiary/aromatic N) is 2. The van der Waals surface area contributed by atoms with Crippen molar-refractivity contribution in [1.29, 1.82) is 0 Å². The summed E-state index contributed by atoms with van der Waals surface area (Å²) in [5, 5.41) is 5.26. The second-order valence-electron chi connectivity index (χ2n) is 5.68. The van der Waals surface area contributed by atoms with Gasteiger partial charge in [0.05, 0.1) is 11.4 Å². The highest BCUT2D eigenvalue weighted by atomic mass is 32.1. The van der Waals surface area contributed by atoms with E-state index in [0.29, 0.717) is 17.3 Å². The Morgan fingerprint density at radius 2 is 2.25 bits per heavy atom. The van der Waals surface area contributed by atoms with E-state index in [2.05, 4.69) is 10.3 Å². The molecule has 1 atom stereocenters. The van der Waals surface area contributed by atoms with Gasteiger partial charge in [-0.1, -0.05) is 6.92 Å². The van der Waals surface area contributed by atoms with E-state index in [9.17, 15) is 9.59 Å². The molecule has 0 fully saturated rings.